The molecule has 0 amide bonds. The van der Waals surface area contributed by atoms with Crippen LogP contribution in [0.25, 0.3) is 0 Å². The van der Waals surface area contributed by atoms with Crippen molar-refractivity contribution in [3.8, 4) is 0 Å². The summed E-state index contributed by atoms with van der Waals surface area (Å²) in [4.78, 5) is 6.80. The van der Waals surface area contributed by atoms with Gasteiger partial charge in [-0.25, -0.2) is 0 Å². The van der Waals surface area contributed by atoms with Crippen molar-refractivity contribution < 1.29 is 9.47 Å². The Hall–Kier alpha value is -0.850. The third-order valence-electron chi connectivity index (χ3n) is 4.02. The summed E-state index contributed by atoms with van der Waals surface area (Å²) in [6, 6.07) is 0.582. The molecular formula is C17H36N4O2. The minimum absolute atomic E-state index is 0.582. The Kier molecular flexibility index (Phi) is 11.0. The van der Waals surface area contributed by atoms with Crippen LogP contribution in [-0.2, 0) is 9.47 Å². The number of nitrogens with one attached hydrogen (secondary N) is 2. The van der Waals surface area contributed by atoms with Gasteiger partial charge in [0.2, 0.25) is 0 Å². The van der Waals surface area contributed by atoms with Crippen LogP contribution in [0.1, 0.15) is 33.1 Å². The molecule has 6 nitrogen and oxygen atoms in total. The average Bonchev–Trinajstić information content (AvgIpc) is 2.98. The van der Waals surface area contributed by atoms with E-state index >= 15 is 0 Å². The van der Waals surface area contributed by atoms with Crippen molar-refractivity contribution in [2.75, 3.05) is 60.2 Å². The van der Waals surface area contributed by atoms with Gasteiger partial charge in [0.15, 0.2) is 5.96 Å². The summed E-state index contributed by atoms with van der Waals surface area (Å²) in [5.41, 5.74) is 0. The first-order valence-electron chi connectivity index (χ1n) is 8.92. The molecule has 0 aromatic rings. The molecule has 0 aliphatic carbocycles. The summed E-state index contributed by atoms with van der Waals surface area (Å²) in [6.07, 6.45) is 3.52. The van der Waals surface area contributed by atoms with Gasteiger partial charge >= 0.3 is 0 Å². The van der Waals surface area contributed by atoms with E-state index in [1.165, 1.54) is 19.4 Å². The second kappa shape index (κ2) is 12.6. The van der Waals surface area contributed by atoms with E-state index in [1.54, 1.807) is 7.11 Å². The van der Waals surface area contributed by atoms with Crippen LogP contribution in [0.2, 0.25) is 0 Å². The van der Waals surface area contributed by atoms with E-state index in [9.17, 15) is 0 Å². The molecule has 0 saturated carbocycles. The maximum Gasteiger partial charge on any atom is 0.191 e. The van der Waals surface area contributed by atoms with Gasteiger partial charge in [-0.3, -0.25) is 9.89 Å². The van der Waals surface area contributed by atoms with Gasteiger partial charge in [0, 0.05) is 53.0 Å². The predicted octanol–water partition coefficient (Wildman–Crippen LogP) is 1.32. The maximum absolute atomic E-state index is 5.58. The van der Waals surface area contributed by atoms with Crippen molar-refractivity contribution in [3.05, 3.63) is 0 Å². The largest absolute Gasteiger partial charge is 0.383 e. The van der Waals surface area contributed by atoms with Gasteiger partial charge in [-0.15, -0.1) is 0 Å². The van der Waals surface area contributed by atoms with Gasteiger partial charge in [-0.1, -0.05) is 13.8 Å². The molecule has 1 saturated heterocycles. The minimum atomic E-state index is 0.582. The average molecular weight is 329 g/mol. The molecule has 1 fully saturated rings. The summed E-state index contributed by atoms with van der Waals surface area (Å²) >= 11 is 0. The Morgan fingerprint density at radius 1 is 1.30 bits per heavy atom. The van der Waals surface area contributed by atoms with E-state index in [0.29, 0.717) is 12.0 Å². The first-order chi connectivity index (χ1) is 11.2. The summed E-state index contributed by atoms with van der Waals surface area (Å²) in [6.45, 7) is 10.8. The molecule has 0 spiro atoms. The number of hydrogen-bond acceptors (Lipinski definition) is 4. The van der Waals surface area contributed by atoms with Crippen molar-refractivity contribution in [1.82, 2.24) is 15.5 Å². The highest BCUT2D eigenvalue weighted by molar-refractivity contribution is 5.79. The first-order valence-corrected chi connectivity index (χ1v) is 8.92. The first kappa shape index (κ1) is 20.2. The highest BCUT2D eigenvalue weighted by atomic mass is 16.5. The highest BCUT2D eigenvalue weighted by Crippen LogP contribution is 2.15. The molecule has 0 aromatic heterocycles. The zero-order valence-electron chi connectivity index (χ0n) is 15.4. The van der Waals surface area contributed by atoms with Gasteiger partial charge in [0.1, 0.15) is 0 Å². The van der Waals surface area contributed by atoms with E-state index in [1.807, 2.05) is 7.05 Å². The van der Waals surface area contributed by atoms with Gasteiger partial charge in [0.05, 0.1) is 6.61 Å². The lowest BCUT2D eigenvalue weighted by Gasteiger charge is -2.25. The predicted molar refractivity (Wildman–Crippen MR) is 96.1 cm³/mol. The van der Waals surface area contributed by atoms with Crippen molar-refractivity contribution >= 4 is 5.96 Å². The van der Waals surface area contributed by atoms with Crippen LogP contribution < -0.4 is 10.6 Å². The SMILES string of the molecule is CN=C(NCCCOCC(C)C)NCC1CCCN1CCOC. The number of nitrogens with zero attached hydrogens (tertiary/aromatic N) is 2. The topological polar surface area (TPSA) is 58.1 Å². The van der Waals surface area contributed by atoms with Crippen molar-refractivity contribution in [1.29, 1.82) is 0 Å². The van der Waals surface area contributed by atoms with Crippen molar-refractivity contribution in [3.63, 3.8) is 0 Å². The summed E-state index contributed by atoms with van der Waals surface area (Å²) in [7, 11) is 3.59. The van der Waals surface area contributed by atoms with Crippen molar-refractivity contribution in [2.24, 2.45) is 10.9 Å². The highest BCUT2D eigenvalue weighted by Gasteiger charge is 2.23. The molecule has 6 heteroatoms. The third kappa shape index (κ3) is 9.13. The van der Waals surface area contributed by atoms with Crippen LogP contribution in [0.4, 0.5) is 0 Å². The number of aliphatic imine (C=N–C) groups is 1. The van der Waals surface area contributed by atoms with E-state index in [0.717, 1.165) is 51.8 Å². The third-order valence-corrected chi connectivity index (χ3v) is 4.02. The molecule has 1 unspecified atom stereocenters. The smallest absolute Gasteiger partial charge is 0.191 e. The molecule has 23 heavy (non-hydrogen) atoms. The normalized spacial score (nSPS) is 19.5. The fourth-order valence-corrected chi connectivity index (χ4v) is 2.76. The van der Waals surface area contributed by atoms with Crippen molar-refractivity contribution in [2.45, 2.75) is 39.2 Å². The lowest BCUT2D eigenvalue weighted by Crippen LogP contribution is -2.45. The van der Waals surface area contributed by atoms with Gasteiger partial charge in [-0.05, 0) is 31.7 Å². The lowest BCUT2D eigenvalue weighted by molar-refractivity contribution is 0.108. The van der Waals surface area contributed by atoms with Crippen LogP contribution in [0, 0.1) is 5.92 Å². The van der Waals surface area contributed by atoms with E-state index < -0.39 is 0 Å². The summed E-state index contributed by atoms with van der Waals surface area (Å²) < 4.78 is 10.8. The number of rotatable bonds is 11. The Labute approximate surface area is 142 Å². The number of methoxy groups -OCH3 is 1. The number of hydrogen-bond donors (Lipinski definition) is 2. The zero-order chi connectivity index (χ0) is 16.9. The Bertz CT molecular complexity index is 324. The minimum Gasteiger partial charge on any atom is -0.383 e. The maximum atomic E-state index is 5.58. The summed E-state index contributed by atoms with van der Waals surface area (Å²) in [5.74, 6) is 1.48. The number of likely N-dealkylation sites (tertiary alicyclic amines) is 1. The standard InChI is InChI=1S/C17H36N4O2/c1-15(2)14-23-11-6-8-19-17(18-3)20-13-16-7-5-9-21(16)10-12-22-4/h15-16H,5-14H2,1-4H3,(H2,18,19,20). The molecule has 1 heterocycles. The lowest BCUT2D eigenvalue weighted by atomic mass is 10.2. The molecule has 0 aromatic carbocycles. The Balaban J connectivity index is 2.13. The monoisotopic (exact) mass is 328 g/mol. The van der Waals surface area contributed by atoms with Crippen LogP contribution in [0.5, 0.6) is 0 Å². The molecule has 1 atom stereocenters. The second-order valence-corrected chi connectivity index (χ2v) is 6.53. The van der Waals surface area contributed by atoms with Gasteiger partial charge in [-0.2, -0.15) is 0 Å². The van der Waals surface area contributed by atoms with Gasteiger partial charge < -0.3 is 20.1 Å². The Morgan fingerprint density at radius 2 is 2.13 bits per heavy atom. The number of ether oxygens (including phenoxy) is 2. The molecule has 0 radical (unpaired) electrons. The molecule has 2 N–H and O–H groups in total. The second-order valence-electron chi connectivity index (χ2n) is 6.53. The van der Waals surface area contributed by atoms with Crippen LogP contribution >= 0.6 is 0 Å². The van der Waals surface area contributed by atoms with E-state index in [-0.39, 0.29) is 0 Å². The van der Waals surface area contributed by atoms with E-state index in [2.05, 4.69) is 34.4 Å². The molecular weight excluding hydrogens is 292 g/mol. The fourth-order valence-electron chi connectivity index (χ4n) is 2.76. The summed E-state index contributed by atoms with van der Waals surface area (Å²) in [5, 5.41) is 6.80. The van der Waals surface area contributed by atoms with Crippen LogP contribution in [0.15, 0.2) is 4.99 Å². The molecule has 0 bridgehead atoms. The Morgan fingerprint density at radius 3 is 2.83 bits per heavy atom. The molecule has 1 aliphatic heterocycles. The fraction of sp³-hybridized carbons (Fsp3) is 0.941. The number of guanidine groups is 1. The molecule has 1 aliphatic rings. The quantitative estimate of drug-likeness (QED) is 0.340. The zero-order valence-corrected chi connectivity index (χ0v) is 15.4. The van der Waals surface area contributed by atoms with Crippen LogP contribution in [0.3, 0.4) is 0 Å². The van der Waals surface area contributed by atoms with Gasteiger partial charge in [0.25, 0.3) is 0 Å². The molecule has 1 rings (SSSR count). The van der Waals surface area contributed by atoms with Crippen LogP contribution in [-0.4, -0.2) is 77.1 Å². The van der Waals surface area contributed by atoms with E-state index in [4.69, 9.17) is 9.47 Å². The molecule has 136 valence electrons.